The van der Waals surface area contributed by atoms with Crippen LogP contribution in [0.5, 0.6) is 0 Å². The number of rotatable bonds is 2. The predicted molar refractivity (Wildman–Crippen MR) is 89.7 cm³/mol. The van der Waals surface area contributed by atoms with Crippen LogP contribution < -0.4 is 0 Å². The van der Waals surface area contributed by atoms with E-state index in [-0.39, 0.29) is 0 Å². The first-order valence-corrected chi connectivity index (χ1v) is 7.97. The van der Waals surface area contributed by atoms with E-state index in [0.29, 0.717) is 10.7 Å². The van der Waals surface area contributed by atoms with Gasteiger partial charge in [-0.25, -0.2) is 0 Å². The van der Waals surface area contributed by atoms with Crippen LogP contribution in [0.2, 0.25) is 0 Å². The summed E-state index contributed by atoms with van der Waals surface area (Å²) in [5.41, 5.74) is 4.39. The Kier molecular flexibility index (Phi) is 3.47. The summed E-state index contributed by atoms with van der Waals surface area (Å²) in [5, 5.41) is 0.637. The van der Waals surface area contributed by atoms with E-state index in [0.717, 1.165) is 0 Å². The van der Waals surface area contributed by atoms with Crippen LogP contribution >= 0.6 is 11.8 Å². The zero-order chi connectivity index (χ0) is 14.2. The fourth-order valence-electron chi connectivity index (χ4n) is 2.51. The highest BCUT2D eigenvalue weighted by molar-refractivity contribution is 8.12. The highest BCUT2D eigenvalue weighted by atomic mass is 32.2. The maximum absolute atomic E-state index is 2.32. The van der Waals surface area contributed by atoms with E-state index in [1.54, 1.807) is 0 Å². The summed E-state index contributed by atoms with van der Waals surface area (Å²) in [6, 6.07) is 21.5. The van der Waals surface area contributed by atoms with Crippen LogP contribution in [-0.2, 0) is 0 Å². The van der Waals surface area contributed by atoms with Gasteiger partial charge in [0.1, 0.15) is 0 Å². The topological polar surface area (TPSA) is 0 Å². The van der Waals surface area contributed by atoms with E-state index in [9.17, 15) is 0 Å². The molecule has 1 heteroatoms. The molecule has 0 aliphatic carbocycles. The minimum atomic E-state index is 0.328. The van der Waals surface area contributed by atoms with Crippen molar-refractivity contribution in [2.24, 2.45) is 5.41 Å². The lowest BCUT2D eigenvalue weighted by molar-refractivity contribution is 0.445. The summed E-state index contributed by atoms with van der Waals surface area (Å²) in [5.74, 6) is 0. The second-order valence-electron chi connectivity index (χ2n) is 6.34. The van der Waals surface area contributed by atoms with Gasteiger partial charge in [-0.15, -0.1) is 11.8 Å². The zero-order valence-electron chi connectivity index (χ0n) is 12.3. The molecule has 1 heterocycles. The van der Waals surface area contributed by atoms with Crippen LogP contribution in [0.4, 0.5) is 0 Å². The van der Waals surface area contributed by atoms with Crippen LogP contribution in [0.25, 0.3) is 5.57 Å². The van der Waals surface area contributed by atoms with Gasteiger partial charge in [-0.3, -0.25) is 0 Å². The fourth-order valence-corrected chi connectivity index (χ4v) is 3.88. The predicted octanol–water partition coefficient (Wildman–Crippen LogP) is 5.61. The molecular formula is C19H20S. The van der Waals surface area contributed by atoms with Crippen molar-refractivity contribution in [1.29, 1.82) is 0 Å². The van der Waals surface area contributed by atoms with Crippen LogP contribution in [0.15, 0.2) is 65.6 Å². The van der Waals surface area contributed by atoms with Crippen molar-refractivity contribution in [3.8, 4) is 0 Å². The molecule has 0 bridgehead atoms. The van der Waals surface area contributed by atoms with Crippen LogP contribution in [0, 0.1) is 5.41 Å². The maximum Gasteiger partial charge on any atom is 0.0456 e. The van der Waals surface area contributed by atoms with Gasteiger partial charge in [-0.1, -0.05) is 81.4 Å². The summed E-state index contributed by atoms with van der Waals surface area (Å²) < 4.78 is 0. The average Bonchev–Trinajstić information content (AvgIpc) is 3.22. The molecule has 20 heavy (non-hydrogen) atoms. The summed E-state index contributed by atoms with van der Waals surface area (Å²) in [6.45, 7) is 6.97. The van der Waals surface area contributed by atoms with Gasteiger partial charge in [0, 0.05) is 10.2 Å². The second-order valence-corrected chi connectivity index (χ2v) is 7.48. The number of benzene rings is 2. The third-order valence-corrected chi connectivity index (χ3v) is 5.20. The van der Waals surface area contributed by atoms with Gasteiger partial charge in [0.15, 0.2) is 0 Å². The highest BCUT2D eigenvalue weighted by Crippen LogP contribution is 2.59. The molecule has 3 rings (SSSR count). The van der Waals surface area contributed by atoms with Gasteiger partial charge in [0.05, 0.1) is 0 Å². The fraction of sp³-hybridized carbons (Fsp3) is 0.263. The van der Waals surface area contributed by atoms with Crippen molar-refractivity contribution in [3.05, 3.63) is 76.7 Å². The molecule has 0 nitrogen and oxygen atoms in total. The molecule has 0 radical (unpaired) electrons. The first kappa shape index (κ1) is 13.5. The minimum absolute atomic E-state index is 0.328. The molecule has 0 aromatic heterocycles. The van der Waals surface area contributed by atoms with E-state index in [2.05, 4.69) is 81.4 Å². The van der Waals surface area contributed by atoms with Crippen LogP contribution in [-0.4, -0.2) is 5.25 Å². The summed E-state index contributed by atoms with van der Waals surface area (Å²) in [6.07, 6.45) is 0. The molecule has 1 unspecified atom stereocenters. The molecule has 0 amide bonds. The van der Waals surface area contributed by atoms with Crippen LogP contribution in [0.1, 0.15) is 31.9 Å². The Morgan fingerprint density at radius 1 is 0.800 bits per heavy atom. The Balaban J connectivity index is 2.10. The summed E-state index contributed by atoms with van der Waals surface area (Å²) >= 11 is 2.02. The number of thioether (sulfide) groups is 1. The van der Waals surface area contributed by atoms with Crippen molar-refractivity contribution in [2.75, 3.05) is 0 Å². The molecule has 1 aliphatic heterocycles. The largest absolute Gasteiger partial charge is 0.119 e. The van der Waals surface area contributed by atoms with E-state index in [1.807, 2.05) is 11.8 Å². The molecule has 2 aromatic rings. The zero-order valence-corrected chi connectivity index (χ0v) is 13.1. The Morgan fingerprint density at radius 2 is 1.25 bits per heavy atom. The lowest BCUT2D eigenvalue weighted by Crippen LogP contribution is -2.11. The van der Waals surface area contributed by atoms with E-state index < -0.39 is 0 Å². The van der Waals surface area contributed by atoms with Gasteiger partial charge in [-0.05, 0) is 22.1 Å². The molecular weight excluding hydrogens is 260 g/mol. The maximum atomic E-state index is 2.32. The molecule has 1 fully saturated rings. The normalized spacial score (nSPS) is 17.9. The average molecular weight is 280 g/mol. The smallest absolute Gasteiger partial charge is 0.0456 e. The Labute approximate surface area is 125 Å². The summed E-state index contributed by atoms with van der Waals surface area (Å²) in [7, 11) is 0. The molecule has 0 N–H and O–H groups in total. The molecule has 1 saturated heterocycles. The van der Waals surface area contributed by atoms with Crippen molar-refractivity contribution in [2.45, 2.75) is 26.0 Å². The molecule has 1 atom stereocenters. The molecule has 0 spiro atoms. The van der Waals surface area contributed by atoms with E-state index in [4.69, 9.17) is 0 Å². The van der Waals surface area contributed by atoms with Gasteiger partial charge >= 0.3 is 0 Å². The van der Waals surface area contributed by atoms with E-state index >= 15 is 0 Å². The molecule has 1 aliphatic rings. The molecule has 2 aromatic carbocycles. The SMILES string of the molecule is CC(C)(C)C1SC1=C(c1ccccc1)c1ccccc1. The third kappa shape index (κ3) is 2.69. The lowest BCUT2D eigenvalue weighted by atomic mass is 9.88. The monoisotopic (exact) mass is 280 g/mol. The summed E-state index contributed by atoms with van der Waals surface area (Å²) in [4.78, 5) is 1.54. The first-order chi connectivity index (χ1) is 9.57. The highest BCUT2D eigenvalue weighted by Gasteiger charge is 2.43. The van der Waals surface area contributed by atoms with Gasteiger partial charge < -0.3 is 0 Å². The third-order valence-electron chi connectivity index (χ3n) is 3.58. The molecule has 0 saturated carbocycles. The Bertz CT molecular complexity index is 576. The van der Waals surface area contributed by atoms with Crippen molar-refractivity contribution < 1.29 is 0 Å². The quantitative estimate of drug-likeness (QED) is 0.644. The van der Waals surface area contributed by atoms with Gasteiger partial charge in [-0.2, -0.15) is 0 Å². The van der Waals surface area contributed by atoms with Crippen molar-refractivity contribution in [3.63, 3.8) is 0 Å². The van der Waals surface area contributed by atoms with Crippen molar-refractivity contribution >= 4 is 17.3 Å². The first-order valence-electron chi connectivity index (χ1n) is 7.09. The van der Waals surface area contributed by atoms with Gasteiger partial charge in [0.2, 0.25) is 0 Å². The standard InChI is InChI=1S/C19H20S/c1-19(2,3)18-17(20-18)16(14-10-6-4-7-11-14)15-12-8-5-9-13-15/h4-13,18H,1-3H3. The van der Waals surface area contributed by atoms with Crippen molar-refractivity contribution in [1.82, 2.24) is 0 Å². The number of hydrogen-bond donors (Lipinski definition) is 0. The Morgan fingerprint density at radius 3 is 1.60 bits per heavy atom. The molecule has 102 valence electrons. The van der Waals surface area contributed by atoms with E-state index in [1.165, 1.54) is 21.6 Å². The Hall–Kier alpha value is -1.47. The minimum Gasteiger partial charge on any atom is -0.119 e. The van der Waals surface area contributed by atoms with Gasteiger partial charge in [0.25, 0.3) is 0 Å². The van der Waals surface area contributed by atoms with Crippen LogP contribution in [0.3, 0.4) is 0 Å². The lowest BCUT2D eigenvalue weighted by Gasteiger charge is -2.15. The second kappa shape index (κ2) is 5.14. The number of hydrogen-bond acceptors (Lipinski definition) is 1.